The van der Waals surface area contributed by atoms with Crippen molar-refractivity contribution in [3.05, 3.63) is 29.8 Å². The van der Waals surface area contributed by atoms with Gasteiger partial charge in [-0.15, -0.1) is 0 Å². The van der Waals surface area contributed by atoms with Gasteiger partial charge in [-0.05, 0) is 24.0 Å². The van der Waals surface area contributed by atoms with E-state index in [1.165, 1.54) is 0 Å². The van der Waals surface area contributed by atoms with Crippen molar-refractivity contribution in [2.45, 2.75) is 38.8 Å². The van der Waals surface area contributed by atoms with Crippen molar-refractivity contribution < 1.29 is 17.9 Å². The molecule has 1 amide bonds. The largest absolute Gasteiger partial charge is 0.488 e. The highest BCUT2D eigenvalue weighted by Gasteiger charge is 2.26. The second-order valence-electron chi connectivity index (χ2n) is 6.37. The Balaban J connectivity index is 1.89. The smallest absolute Gasteiger partial charge is 0.238 e. The van der Waals surface area contributed by atoms with E-state index in [9.17, 15) is 13.2 Å². The van der Waals surface area contributed by atoms with E-state index in [0.29, 0.717) is 13.0 Å². The number of nitrogens with one attached hydrogen (secondary N) is 2. The van der Waals surface area contributed by atoms with Crippen LogP contribution in [0.2, 0.25) is 0 Å². The van der Waals surface area contributed by atoms with Gasteiger partial charge in [0.25, 0.3) is 0 Å². The van der Waals surface area contributed by atoms with Crippen LogP contribution < -0.4 is 14.8 Å². The fourth-order valence-corrected chi connectivity index (χ4v) is 3.36. The molecule has 0 bridgehead atoms. The lowest BCUT2D eigenvalue weighted by molar-refractivity contribution is -0.123. The first-order valence-electron chi connectivity index (χ1n) is 7.74. The molecule has 0 aromatic heterocycles. The van der Waals surface area contributed by atoms with Crippen LogP contribution in [-0.4, -0.2) is 39.3 Å². The number of hydrogen-bond donors (Lipinski definition) is 2. The SMILES string of the molecule is CC(C)C[C@H](NS(C)(=O)=O)C(=O)NC[C@@H]1Cc2ccccc2O1. The summed E-state index contributed by atoms with van der Waals surface area (Å²) in [5.74, 6) is 0.732. The first-order chi connectivity index (χ1) is 10.7. The fraction of sp³-hybridized carbons (Fsp3) is 0.562. The number of amides is 1. The first kappa shape index (κ1) is 17.7. The van der Waals surface area contributed by atoms with Gasteiger partial charge in [0, 0.05) is 6.42 Å². The van der Waals surface area contributed by atoms with Crippen LogP contribution in [-0.2, 0) is 21.2 Å². The minimum absolute atomic E-state index is 0.116. The quantitative estimate of drug-likeness (QED) is 0.778. The zero-order valence-corrected chi connectivity index (χ0v) is 14.5. The lowest BCUT2D eigenvalue weighted by Crippen LogP contribution is -2.49. The summed E-state index contributed by atoms with van der Waals surface area (Å²) in [6.45, 7) is 4.25. The highest BCUT2D eigenvalue weighted by Crippen LogP contribution is 2.27. The van der Waals surface area contributed by atoms with Crippen molar-refractivity contribution >= 4 is 15.9 Å². The summed E-state index contributed by atoms with van der Waals surface area (Å²) in [4.78, 5) is 12.3. The maximum atomic E-state index is 12.3. The molecule has 0 fully saturated rings. The highest BCUT2D eigenvalue weighted by atomic mass is 32.2. The van der Waals surface area contributed by atoms with Gasteiger partial charge in [-0.25, -0.2) is 13.1 Å². The Morgan fingerprint density at radius 1 is 1.35 bits per heavy atom. The molecule has 1 aromatic rings. The van der Waals surface area contributed by atoms with E-state index >= 15 is 0 Å². The van der Waals surface area contributed by atoms with Gasteiger partial charge in [-0.3, -0.25) is 4.79 Å². The summed E-state index contributed by atoms with van der Waals surface area (Å²) in [5, 5.41) is 2.80. The lowest BCUT2D eigenvalue weighted by Gasteiger charge is -2.20. The van der Waals surface area contributed by atoms with Crippen LogP contribution in [0.15, 0.2) is 24.3 Å². The van der Waals surface area contributed by atoms with E-state index in [2.05, 4.69) is 10.0 Å². The maximum absolute atomic E-state index is 12.3. The van der Waals surface area contributed by atoms with E-state index in [0.717, 1.165) is 24.0 Å². The van der Waals surface area contributed by atoms with Crippen molar-refractivity contribution in [2.24, 2.45) is 5.92 Å². The first-order valence-corrected chi connectivity index (χ1v) is 9.63. The van der Waals surface area contributed by atoms with Crippen LogP contribution >= 0.6 is 0 Å². The molecule has 0 unspecified atom stereocenters. The van der Waals surface area contributed by atoms with Crippen LogP contribution in [0.5, 0.6) is 5.75 Å². The number of hydrogen-bond acceptors (Lipinski definition) is 4. The summed E-state index contributed by atoms with van der Waals surface area (Å²) < 4.78 is 31.0. The summed E-state index contributed by atoms with van der Waals surface area (Å²) >= 11 is 0. The second kappa shape index (κ2) is 7.31. The third-order valence-corrected chi connectivity index (χ3v) is 4.31. The van der Waals surface area contributed by atoms with E-state index in [4.69, 9.17) is 4.74 Å². The van der Waals surface area contributed by atoms with E-state index in [1.54, 1.807) is 0 Å². The lowest BCUT2D eigenvalue weighted by atomic mass is 10.0. The van der Waals surface area contributed by atoms with Crippen molar-refractivity contribution in [3.63, 3.8) is 0 Å². The molecular weight excluding hydrogens is 316 g/mol. The predicted octanol–water partition coefficient (Wildman–Crippen LogP) is 1.07. The number of ether oxygens (including phenoxy) is 1. The Hall–Kier alpha value is -1.60. The molecule has 1 aliphatic rings. The van der Waals surface area contributed by atoms with Crippen molar-refractivity contribution in [1.29, 1.82) is 0 Å². The van der Waals surface area contributed by atoms with E-state index < -0.39 is 16.1 Å². The predicted molar refractivity (Wildman–Crippen MR) is 88.8 cm³/mol. The van der Waals surface area contributed by atoms with E-state index in [1.807, 2.05) is 38.1 Å². The number of sulfonamides is 1. The summed E-state index contributed by atoms with van der Waals surface area (Å²) in [5.41, 5.74) is 1.12. The molecule has 2 rings (SSSR count). The van der Waals surface area contributed by atoms with Gasteiger partial charge in [0.05, 0.1) is 12.8 Å². The minimum atomic E-state index is -3.44. The number of carbonyl (C=O) groups excluding carboxylic acids is 1. The molecule has 23 heavy (non-hydrogen) atoms. The Morgan fingerprint density at radius 2 is 2.04 bits per heavy atom. The number of para-hydroxylation sites is 1. The van der Waals surface area contributed by atoms with Crippen LogP contribution in [0.3, 0.4) is 0 Å². The maximum Gasteiger partial charge on any atom is 0.238 e. The molecular formula is C16H24N2O4S. The fourth-order valence-electron chi connectivity index (χ4n) is 2.64. The number of rotatable bonds is 7. The average molecular weight is 340 g/mol. The van der Waals surface area contributed by atoms with Gasteiger partial charge >= 0.3 is 0 Å². The zero-order chi connectivity index (χ0) is 17.0. The molecule has 7 heteroatoms. The third kappa shape index (κ3) is 5.51. The summed E-state index contributed by atoms with van der Waals surface area (Å²) in [6, 6.07) is 7.02. The van der Waals surface area contributed by atoms with Gasteiger partial charge in [-0.2, -0.15) is 0 Å². The number of fused-ring (bicyclic) bond motifs is 1. The van der Waals surface area contributed by atoms with Gasteiger partial charge in [-0.1, -0.05) is 32.0 Å². The minimum Gasteiger partial charge on any atom is -0.488 e. The van der Waals surface area contributed by atoms with Gasteiger partial charge in [0.1, 0.15) is 17.9 Å². The molecule has 0 saturated heterocycles. The molecule has 128 valence electrons. The van der Waals surface area contributed by atoms with Gasteiger partial charge in [0.2, 0.25) is 15.9 Å². The molecule has 0 saturated carbocycles. The highest BCUT2D eigenvalue weighted by molar-refractivity contribution is 7.88. The molecule has 1 aromatic carbocycles. The Morgan fingerprint density at radius 3 is 2.65 bits per heavy atom. The summed E-state index contributed by atoms with van der Waals surface area (Å²) in [7, 11) is -3.44. The third-order valence-electron chi connectivity index (χ3n) is 3.60. The molecule has 1 aliphatic heterocycles. The van der Waals surface area contributed by atoms with Crippen LogP contribution in [0.25, 0.3) is 0 Å². The molecule has 1 heterocycles. The number of benzene rings is 1. The molecule has 0 aliphatic carbocycles. The van der Waals surface area contributed by atoms with E-state index in [-0.39, 0.29) is 17.9 Å². The number of carbonyl (C=O) groups is 1. The normalized spacial score (nSPS) is 18.3. The molecule has 0 radical (unpaired) electrons. The van der Waals surface area contributed by atoms with Crippen molar-refractivity contribution in [3.8, 4) is 5.75 Å². The van der Waals surface area contributed by atoms with Crippen molar-refractivity contribution in [1.82, 2.24) is 10.0 Å². The molecule has 6 nitrogen and oxygen atoms in total. The Labute approximate surface area is 137 Å². The molecule has 2 atom stereocenters. The van der Waals surface area contributed by atoms with Gasteiger partial charge in [0.15, 0.2) is 0 Å². The Bertz CT molecular complexity index is 633. The second-order valence-corrected chi connectivity index (χ2v) is 8.15. The molecule has 2 N–H and O–H groups in total. The van der Waals surface area contributed by atoms with Crippen LogP contribution in [0.1, 0.15) is 25.8 Å². The monoisotopic (exact) mass is 340 g/mol. The standard InChI is InChI=1S/C16H24N2O4S/c1-11(2)8-14(18-23(3,20)21)16(19)17-10-13-9-12-6-4-5-7-15(12)22-13/h4-7,11,13-14,18H,8-10H2,1-3H3,(H,17,19)/t13-,14-/m0/s1. The van der Waals surface area contributed by atoms with Crippen LogP contribution in [0.4, 0.5) is 0 Å². The zero-order valence-electron chi connectivity index (χ0n) is 13.7. The molecule has 0 spiro atoms. The van der Waals surface area contributed by atoms with Gasteiger partial charge < -0.3 is 10.1 Å². The average Bonchev–Trinajstić information content (AvgIpc) is 2.84. The van der Waals surface area contributed by atoms with Crippen molar-refractivity contribution in [2.75, 3.05) is 12.8 Å². The Kier molecular flexibility index (Phi) is 5.64. The topological polar surface area (TPSA) is 84.5 Å². The summed E-state index contributed by atoms with van der Waals surface area (Å²) in [6.07, 6.45) is 2.13. The van der Waals surface area contributed by atoms with Crippen LogP contribution in [0, 0.1) is 5.92 Å².